The van der Waals surface area contributed by atoms with Gasteiger partial charge in [-0.3, -0.25) is 9.59 Å². The Balaban J connectivity index is 1.29. The van der Waals surface area contributed by atoms with Gasteiger partial charge >= 0.3 is 0 Å². The van der Waals surface area contributed by atoms with Crippen LogP contribution in [0.15, 0.2) is 24.3 Å². The number of carbonyl (C=O) groups is 2. The van der Waals surface area contributed by atoms with E-state index in [0.717, 1.165) is 69.7 Å². The number of para-hydroxylation sites is 1. The molecular weight excluding hydrogens is 352 g/mol. The smallest absolute Gasteiger partial charge is 0.253 e. The molecule has 3 aliphatic rings. The highest BCUT2D eigenvalue weighted by molar-refractivity contribution is 5.99. The lowest BCUT2D eigenvalue weighted by Crippen LogP contribution is -2.45. The van der Waals surface area contributed by atoms with Gasteiger partial charge in [0, 0.05) is 43.8 Å². The van der Waals surface area contributed by atoms with Crippen LogP contribution in [0, 0.1) is 5.92 Å². The van der Waals surface area contributed by atoms with Gasteiger partial charge in [-0.1, -0.05) is 12.1 Å². The molecule has 0 bridgehead atoms. The van der Waals surface area contributed by atoms with E-state index < -0.39 is 0 Å². The minimum Gasteiger partial charge on any atom is -0.371 e. The van der Waals surface area contributed by atoms with Crippen LogP contribution in [-0.4, -0.2) is 62.0 Å². The fourth-order valence-corrected chi connectivity index (χ4v) is 4.30. The van der Waals surface area contributed by atoms with Gasteiger partial charge in [-0.05, 0) is 63.7 Å². The monoisotopic (exact) mass is 384 g/mol. The van der Waals surface area contributed by atoms with Crippen molar-refractivity contribution in [3.05, 3.63) is 29.8 Å². The lowest BCUT2D eigenvalue weighted by Gasteiger charge is -2.35. The zero-order chi connectivity index (χ0) is 19.3. The summed E-state index contributed by atoms with van der Waals surface area (Å²) in [7, 11) is 0. The maximum absolute atomic E-state index is 12.8. The third-order valence-electron chi connectivity index (χ3n) is 6.19. The van der Waals surface area contributed by atoms with Crippen LogP contribution in [0.5, 0.6) is 0 Å². The molecule has 0 radical (unpaired) electrons. The number of nitrogens with one attached hydrogen (secondary N) is 2. The first-order valence-electron chi connectivity index (χ1n) is 10.9. The average molecular weight is 385 g/mol. The van der Waals surface area contributed by atoms with Gasteiger partial charge in [0.1, 0.15) is 0 Å². The molecule has 2 N–H and O–H groups in total. The predicted octanol–water partition coefficient (Wildman–Crippen LogP) is 2.01. The van der Waals surface area contributed by atoms with Crippen molar-refractivity contribution in [1.82, 2.24) is 15.5 Å². The van der Waals surface area contributed by atoms with E-state index in [1.165, 1.54) is 12.8 Å². The summed E-state index contributed by atoms with van der Waals surface area (Å²) in [6, 6.07) is 8.16. The first-order chi connectivity index (χ1) is 13.7. The molecule has 0 aromatic heterocycles. The number of hydrogen-bond acceptors (Lipinski definition) is 4. The van der Waals surface area contributed by atoms with Crippen LogP contribution in [0.25, 0.3) is 0 Å². The number of hydrogen-bond donors (Lipinski definition) is 2. The van der Waals surface area contributed by atoms with E-state index in [4.69, 9.17) is 0 Å². The molecule has 152 valence electrons. The Morgan fingerprint density at radius 2 is 1.68 bits per heavy atom. The summed E-state index contributed by atoms with van der Waals surface area (Å²) >= 11 is 0. The molecule has 2 saturated heterocycles. The lowest BCUT2D eigenvalue weighted by atomic mass is 10.0. The van der Waals surface area contributed by atoms with Crippen LogP contribution in [0.2, 0.25) is 0 Å². The molecule has 2 heterocycles. The Labute approximate surface area is 167 Å². The molecule has 4 rings (SSSR count). The summed E-state index contributed by atoms with van der Waals surface area (Å²) in [6.45, 7) is 5.67. The summed E-state index contributed by atoms with van der Waals surface area (Å²) in [5, 5.41) is 6.29. The summed E-state index contributed by atoms with van der Waals surface area (Å²) in [5.74, 6) is 0.512. The van der Waals surface area contributed by atoms with Crippen molar-refractivity contribution in [2.75, 3.05) is 44.2 Å². The second-order valence-corrected chi connectivity index (χ2v) is 8.37. The van der Waals surface area contributed by atoms with Crippen LogP contribution in [-0.2, 0) is 4.79 Å². The van der Waals surface area contributed by atoms with Gasteiger partial charge in [0.05, 0.1) is 5.56 Å². The highest BCUT2D eigenvalue weighted by Gasteiger charge is 2.32. The molecule has 1 aliphatic carbocycles. The SMILES string of the molecule is O=C(NCCN1CCCC1)c1ccccc1N1CCC(NC(=O)C2CC2)CC1. The van der Waals surface area contributed by atoms with Gasteiger partial charge in [-0.25, -0.2) is 0 Å². The molecular formula is C22H32N4O2. The number of nitrogens with zero attached hydrogens (tertiary/aromatic N) is 2. The van der Waals surface area contributed by atoms with Crippen LogP contribution >= 0.6 is 0 Å². The van der Waals surface area contributed by atoms with Gasteiger partial charge in [-0.2, -0.15) is 0 Å². The van der Waals surface area contributed by atoms with Crippen LogP contribution in [0.3, 0.4) is 0 Å². The van der Waals surface area contributed by atoms with Crippen molar-refractivity contribution in [2.45, 2.75) is 44.6 Å². The van der Waals surface area contributed by atoms with E-state index in [0.29, 0.717) is 6.54 Å². The predicted molar refractivity (Wildman–Crippen MR) is 111 cm³/mol. The number of rotatable bonds is 7. The van der Waals surface area contributed by atoms with Gasteiger partial charge in [-0.15, -0.1) is 0 Å². The Morgan fingerprint density at radius 3 is 2.39 bits per heavy atom. The topological polar surface area (TPSA) is 64.7 Å². The van der Waals surface area contributed by atoms with Gasteiger partial charge in [0.25, 0.3) is 5.91 Å². The molecule has 0 spiro atoms. The van der Waals surface area contributed by atoms with Crippen LogP contribution in [0.1, 0.15) is 48.9 Å². The van der Waals surface area contributed by atoms with Gasteiger partial charge in [0.2, 0.25) is 5.91 Å². The van der Waals surface area contributed by atoms with Crippen LogP contribution < -0.4 is 15.5 Å². The quantitative estimate of drug-likeness (QED) is 0.755. The van der Waals surface area contributed by atoms with E-state index in [2.05, 4.69) is 20.4 Å². The number of likely N-dealkylation sites (tertiary alicyclic amines) is 1. The first kappa shape index (κ1) is 19.2. The Hall–Kier alpha value is -2.08. The van der Waals surface area contributed by atoms with Crippen molar-refractivity contribution in [2.24, 2.45) is 5.92 Å². The second-order valence-electron chi connectivity index (χ2n) is 8.37. The molecule has 1 aromatic rings. The van der Waals surface area contributed by atoms with E-state index in [9.17, 15) is 9.59 Å². The zero-order valence-electron chi connectivity index (χ0n) is 16.7. The molecule has 1 aromatic carbocycles. The highest BCUT2D eigenvalue weighted by Crippen LogP contribution is 2.30. The van der Waals surface area contributed by atoms with E-state index in [1.54, 1.807) is 0 Å². The minimum atomic E-state index is 0.0129. The summed E-state index contributed by atoms with van der Waals surface area (Å²) in [6.07, 6.45) is 6.50. The van der Waals surface area contributed by atoms with E-state index in [1.807, 2.05) is 24.3 Å². The minimum absolute atomic E-state index is 0.0129. The average Bonchev–Trinajstić information content (AvgIpc) is 3.45. The number of amides is 2. The normalized spacial score (nSPS) is 20.9. The van der Waals surface area contributed by atoms with Gasteiger partial charge in [0.15, 0.2) is 0 Å². The number of piperidine rings is 1. The molecule has 0 atom stereocenters. The standard InChI is InChI=1S/C22H32N4O2/c27-21(17-7-8-17)24-18-9-14-26(15-10-18)20-6-2-1-5-19(20)22(28)23-11-16-25-12-3-4-13-25/h1-2,5-6,17-18H,3-4,7-16H2,(H,23,28)(H,24,27). The van der Waals surface area contributed by atoms with Crippen molar-refractivity contribution in [3.63, 3.8) is 0 Å². The molecule has 6 nitrogen and oxygen atoms in total. The Morgan fingerprint density at radius 1 is 0.964 bits per heavy atom. The third-order valence-corrected chi connectivity index (χ3v) is 6.19. The molecule has 2 aliphatic heterocycles. The molecule has 3 fully saturated rings. The summed E-state index contributed by atoms with van der Waals surface area (Å²) in [4.78, 5) is 29.4. The number of benzene rings is 1. The largest absolute Gasteiger partial charge is 0.371 e. The number of carbonyl (C=O) groups excluding carboxylic acids is 2. The van der Waals surface area contributed by atoms with E-state index in [-0.39, 0.29) is 23.8 Å². The van der Waals surface area contributed by atoms with Crippen molar-refractivity contribution >= 4 is 17.5 Å². The molecule has 1 saturated carbocycles. The van der Waals surface area contributed by atoms with Crippen LogP contribution in [0.4, 0.5) is 5.69 Å². The van der Waals surface area contributed by atoms with E-state index >= 15 is 0 Å². The number of anilines is 1. The molecule has 2 amide bonds. The second kappa shape index (κ2) is 8.95. The first-order valence-corrected chi connectivity index (χ1v) is 10.9. The lowest BCUT2D eigenvalue weighted by molar-refractivity contribution is -0.123. The van der Waals surface area contributed by atoms with Crippen molar-refractivity contribution < 1.29 is 9.59 Å². The Bertz CT molecular complexity index is 690. The Kier molecular flexibility index (Phi) is 6.15. The fourth-order valence-electron chi connectivity index (χ4n) is 4.30. The maximum Gasteiger partial charge on any atom is 0.253 e. The maximum atomic E-state index is 12.8. The molecule has 28 heavy (non-hydrogen) atoms. The third kappa shape index (κ3) is 4.85. The van der Waals surface area contributed by atoms with Crippen molar-refractivity contribution in [1.29, 1.82) is 0 Å². The molecule has 6 heteroatoms. The van der Waals surface area contributed by atoms with Gasteiger partial charge < -0.3 is 20.4 Å². The van der Waals surface area contributed by atoms with Crippen molar-refractivity contribution in [3.8, 4) is 0 Å². The fraction of sp³-hybridized carbons (Fsp3) is 0.636. The molecule has 0 unspecified atom stereocenters. The summed E-state index contributed by atoms with van der Waals surface area (Å²) in [5.41, 5.74) is 1.76. The highest BCUT2D eigenvalue weighted by atomic mass is 16.2. The zero-order valence-corrected chi connectivity index (χ0v) is 16.7. The summed E-state index contributed by atoms with van der Waals surface area (Å²) < 4.78 is 0.